The fraction of sp³-hybridized carbons (Fsp3) is 0.769. The predicted octanol–water partition coefficient (Wildman–Crippen LogP) is 1.93. The average molecular weight is 250 g/mol. The number of hydrogen-bond donors (Lipinski definition) is 1. The molecule has 0 spiro atoms. The molecule has 1 aliphatic carbocycles. The molecule has 1 aromatic rings. The van der Waals surface area contributed by atoms with Gasteiger partial charge in [0.25, 0.3) is 0 Å². The van der Waals surface area contributed by atoms with Crippen molar-refractivity contribution in [1.82, 2.24) is 15.0 Å². The van der Waals surface area contributed by atoms with Crippen molar-refractivity contribution >= 4 is 5.91 Å². The number of hydrogen-bond acceptors (Lipinski definition) is 3. The van der Waals surface area contributed by atoms with Crippen LogP contribution in [-0.4, -0.2) is 20.9 Å². The van der Waals surface area contributed by atoms with E-state index in [1.165, 1.54) is 19.3 Å². The van der Waals surface area contributed by atoms with Crippen LogP contribution in [-0.2, 0) is 11.2 Å². The Balaban J connectivity index is 2.33. The highest BCUT2D eigenvalue weighted by Crippen LogP contribution is 2.39. The molecule has 1 heterocycles. The molecule has 2 N–H and O–H groups in total. The second-order valence-corrected chi connectivity index (χ2v) is 5.11. The van der Waals surface area contributed by atoms with Crippen molar-refractivity contribution in [2.24, 2.45) is 5.73 Å². The summed E-state index contributed by atoms with van der Waals surface area (Å²) in [7, 11) is 0. The maximum atomic E-state index is 11.1. The molecular formula is C13H22N4O. The Bertz CT molecular complexity index is 419. The lowest BCUT2D eigenvalue weighted by Gasteiger charge is -2.28. The van der Waals surface area contributed by atoms with E-state index in [-0.39, 0.29) is 12.3 Å². The van der Waals surface area contributed by atoms with Gasteiger partial charge in [0.15, 0.2) is 0 Å². The van der Waals surface area contributed by atoms with Crippen molar-refractivity contribution in [3.8, 4) is 0 Å². The Morgan fingerprint density at radius 2 is 2.11 bits per heavy atom. The van der Waals surface area contributed by atoms with E-state index in [1.807, 2.05) is 4.68 Å². The van der Waals surface area contributed by atoms with Crippen LogP contribution >= 0.6 is 0 Å². The van der Waals surface area contributed by atoms with Gasteiger partial charge in [-0.1, -0.05) is 25.5 Å². The minimum Gasteiger partial charge on any atom is -0.369 e. The first kappa shape index (κ1) is 13.1. The molecule has 0 aliphatic heterocycles. The van der Waals surface area contributed by atoms with Gasteiger partial charge in [-0.25, -0.2) is 4.68 Å². The Hall–Kier alpha value is -1.39. The van der Waals surface area contributed by atoms with Crippen molar-refractivity contribution in [3.63, 3.8) is 0 Å². The lowest BCUT2D eigenvalue weighted by molar-refractivity contribution is -0.117. The molecule has 0 bridgehead atoms. The van der Waals surface area contributed by atoms with Gasteiger partial charge in [-0.3, -0.25) is 4.79 Å². The third-order valence-electron chi connectivity index (χ3n) is 3.93. The van der Waals surface area contributed by atoms with Crippen LogP contribution in [0.4, 0.5) is 0 Å². The second kappa shape index (κ2) is 5.50. The minimum absolute atomic E-state index is 0.214. The molecule has 5 heteroatoms. The molecule has 1 amide bonds. The Morgan fingerprint density at radius 3 is 2.56 bits per heavy atom. The molecule has 18 heavy (non-hydrogen) atoms. The summed E-state index contributed by atoms with van der Waals surface area (Å²) in [5.74, 6) is 0.196. The Kier molecular flexibility index (Phi) is 3.99. The van der Waals surface area contributed by atoms with Crippen LogP contribution in [0.25, 0.3) is 0 Å². The standard InChI is InChI=1S/C13H22N4O/c1-3-10(4-2)17-13(9-6-5-7-9)11(15-16-17)8-12(14)18/h9-10H,3-8H2,1-2H3,(H2,14,18). The van der Waals surface area contributed by atoms with E-state index in [4.69, 9.17) is 5.73 Å². The Morgan fingerprint density at radius 1 is 1.44 bits per heavy atom. The van der Waals surface area contributed by atoms with E-state index >= 15 is 0 Å². The van der Waals surface area contributed by atoms with Gasteiger partial charge in [0.05, 0.1) is 23.9 Å². The van der Waals surface area contributed by atoms with Crippen molar-refractivity contribution < 1.29 is 4.79 Å². The summed E-state index contributed by atoms with van der Waals surface area (Å²) in [4.78, 5) is 11.1. The fourth-order valence-electron chi connectivity index (χ4n) is 2.63. The van der Waals surface area contributed by atoms with Gasteiger partial charge in [0.2, 0.25) is 5.91 Å². The van der Waals surface area contributed by atoms with Crippen molar-refractivity contribution in [2.45, 2.75) is 64.3 Å². The maximum Gasteiger partial charge on any atom is 0.223 e. The summed E-state index contributed by atoms with van der Waals surface area (Å²) >= 11 is 0. The molecule has 1 saturated carbocycles. The van der Waals surface area contributed by atoms with Gasteiger partial charge in [-0.2, -0.15) is 0 Å². The first-order valence-electron chi connectivity index (χ1n) is 6.89. The van der Waals surface area contributed by atoms with Crippen LogP contribution < -0.4 is 5.73 Å². The summed E-state index contributed by atoms with van der Waals surface area (Å²) in [6.07, 6.45) is 5.91. The fourth-order valence-corrected chi connectivity index (χ4v) is 2.63. The van der Waals surface area contributed by atoms with Crippen molar-refractivity contribution in [1.29, 1.82) is 0 Å². The lowest BCUT2D eigenvalue weighted by atomic mass is 9.81. The van der Waals surface area contributed by atoms with Gasteiger partial charge in [0.1, 0.15) is 0 Å². The second-order valence-electron chi connectivity index (χ2n) is 5.11. The monoisotopic (exact) mass is 250 g/mol. The van der Waals surface area contributed by atoms with Gasteiger partial charge < -0.3 is 5.73 Å². The smallest absolute Gasteiger partial charge is 0.223 e. The highest BCUT2D eigenvalue weighted by atomic mass is 16.1. The molecule has 0 radical (unpaired) electrons. The van der Waals surface area contributed by atoms with E-state index in [0.29, 0.717) is 12.0 Å². The number of primary amides is 1. The van der Waals surface area contributed by atoms with Crippen LogP contribution in [0.2, 0.25) is 0 Å². The maximum absolute atomic E-state index is 11.1. The van der Waals surface area contributed by atoms with Crippen LogP contribution in [0.15, 0.2) is 0 Å². The Labute approximate surface area is 108 Å². The summed E-state index contributed by atoms with van der Waals surface area (Å²) in [5, 5.41) is 8.46. The molecule has 0 aromatic carbocycles. The number of rotatable bonds is 6. The van der Waals surface area contributed by atoms with E-state index in [1.54, 1.807) is 0 Å². The van der Waals surface area contributed by atoms with Gasteiger partial charge in [-0.15, -0.1) is 5.10 Å². The topological polar surface area (TPSA) is 73.8 Å². The minimum atomic E-state index is -0.327. The number of nitrogens with zero attached hydrogens (tertiary/aromatic N) is 3. The molecule has 1 aromatic heterocycles. The zero-order chi connectivity index (χ0) is 13.1. The van der Waals surface area contributed by atoms with E-state index < -0.39 is 0 Å². The molecular weight excluding hydrogens is 228 g/mol. The number of nitrogens with two attached hydrogens (primary N) is 1. The average Bonchev–Trinajstić information content (AvgIpc) is 2.62. The molecule has 2 rings (SSSR count). The van der Waals surface area contributed by atoms with Crippen LogP contribution in [0.5, 0.6) is 0 Å². The van der Waals surface area contributed by atoms with Crippen LogP contribution in [0, 0.1) is 0 Å². The van der Waals surface area contributed by atoms with Gasteiger partial charge >= 0.3 is 0 Å². The van der Waals surface area contributed by atoms with E-state index in [0.717, 1.165) is 24.2 Å². The molecule has 0 atom stereocenters. The molecule has 0 saturated heterocycles. The summed E-state index contributed by atoms with van der Waals surface area (Å²) in [6.45, 7) is 4.32. The van der Waals surface area contributed by atoms with E-state index in [9.17, 15) is 4.79 Å². The predicted molar refractivity (Wildman–Crippen MR) is 69.1 cm³/mol. The third-order valence-corrected chi connectivity index (χ3v) is 3.93. The van der Waals surface area contributed by atoms with Gasteiger partial charge in [0, 0.05) is 5.92 Å². The highest BCUT2D eigenvalue weighted by molar-refractivity contribution is 5.76. The zero-order valence-corrected chi connectivity index (χ0v) is 11.2. The van der Waals surface area contributed by atoms with Crippen molar-refractivity contribution in [3.05, 3.63) is 11.4 Å². The number of carbonyl (C=O) groups is 1. The number of carbonyl (C=O) groups excluding carboxylic acids is 1. The molecule has 0 unspecified atom stereocenters. The largest absolute Gasteiger partial charge is 0.369 e. The SMILES string of the molecule is CCC(CC)n1nnc(CC(N)=O)c1C1CCC1. The van der Waals surface area contributed by atoms with Crippen molar-refractivity contribution in [2.75, 3.05) is 0 Å². The van der Waals surface area contributed by atoms with Crippen LogP contribution in [0.1, 0.15) is 69.3 Å². The first-order valence-corrected chi connectivity index (χ1v) is 6.89. The summed E-state index contributed by atoms with van der Waals surface area (Å²) in [5.41, 5.74) is 7.24. The van der Waals surface area contributed by atoms with Gasteiger partial charge in [-0.05, 0) is 25.7 Å². The quantitative estimate of drug-likeness (QED) is 0.838. The zero-order valence-electron chi connectivity index (χ0n) is 11.2. The normalized spacial score (nSPS) is 15.9. The van der Waals surface area contributed by atoms with Crippen LogP contribution in [0.3, 0.4) is 0 Å². The molecule has 1 aliphatic rings. The molecule has 1 fully saturated rings. The highest BCUT2D eigenvalue weighted by Gasteiger charge is 2.29. The summed E-state index contributed by atoms with van der Waals surface area (Å²) < 4.78 is 2.04. The number of aromatic nitrogens is 3. The molecule has 5 nitrogen and oxygen atoms in total. The lowest BCUT2D eigenvalue weighted by Crippen LogP contribution is -2.22. The van der Waals surface area contributed by atoms with E-state index in [2.05, 4.69) is 24.2 Å². The first-order chi connectivity index (χ1) is 8.67. The number of amides is 1. The third kappa shape index (κ3) is 2.40. The molecule has 100 valence electrons. The summed E-state index contributed by atoms with van der Waals surface area (Å²) in [6, 6.07) is 0.384.